The van der Waals surface area contributed by atoms with Gasteiger partial charge in [0.1, 0.15) is 17.2 Å². The summed E-state index contributed by atoms with van der Waals surface area (Å²) in [6.07, 6.45) is 5.50. The predicted molar refractivity (Wildman–Crippen MR) is 141 cm³/mol. The van der Waals surface area contributed by atoms with Crippen molar-refractivity contribution in [3.63, 3.8) is 0 Å². The first-order chi connectivity index (χ1) is 16.9. The van der Waals surface area contributed by atoms with Crippen LogP contribution in [0.15, 0.2) is 71.6 Å². The fraction of sp³-hybridized carbons (Fsp3) is 0.214. The number of nitrogens with one attached hydrogen (secondary N) is 1. The summed E-state index contributed by atoms with van der Waals surface area (Å²) in [5, 5.41) is 4.65. The molecule has 0 spiro atoms. The van der Waals surface area contributed by atoms with Crippen molar-refractivity contribution in [1.82, 2.24) is 19.9 Å². The molecular weight excluding hydrogens is 436 g/mol. The molecule has 0 aliphatic carbocycles. The first-order valence-corrected chi connectivity index (χ1v) is 11.6. The van der Waals surface area contributed by atoms with Crippen molar-refractivity contribution in [2.75, 3.05) is 24.3 Å². The van der Waals surface area contributed by atoms with Crippen molar-refractivity contribution in [1.29, 1.82) is 0 Å². The van der Waals surface area contributed by atoms with Crippen LogP contribution in [0.25, 0.3) is 33.4 Å². The maximum Gasteiger partial charge on any atom is 0.224 e. The van der Waals surface area contributed by atoms with Gasteiger partial charge in [0.15, 0.2) is 0 Å². The average molecular weight is 465 g/mol. The number of anilines is 2. The third-order valence-corrected chi connectivity index (χ3v) is 6.02. The van der Waals surface area contributed by atoms with Gasteiger partial charge in [-0.2, -0.15) is 0 Å². The lowest BCUT2D eigenvalue weighted by molar-refractivity contribution is 0.613. The van der Waals surface area contributed by atoms with E-state index in [1.165, 1.54) is 0 Å². The van der Waals surface area contributed by atoms with Crippen molar-refractivity contribution in [3.05, 3.63) is 84.1 Å². The summed E-state index contributed by atoms with van der Waals surface area (Å²) in [5.74, 6) is 2.19. The van der Waals surface area contributed by atoms with Crippen LogP contribution < -0.4 is 10.2 Å². The molecule has 3 heterocycles. The topological polar surface area (TPSA) is 80.0 Å². The average Bonchev–Trinajstić information content (AvgIpc) is 3.24. The smallest absolute Gasteiger partial charge is 0.224 e. The Balaban J connectivity index is 1.40. The van der Waals surface area contributed by atoms with Gasteiger partial charge in [0.05, 0.1) is 12.0 Å². The first kappa shape index (κ1) is 22.5. The summed E-state index contributed by atoms with van der Waals surface area (Å²) in [7, 11) is 3.86. The highest BCUT2D eigenvalue weighted by Crippen LogP contribution is 2.29. The highest BCUT2D eigenvalue weighted by Gasteiger charge is 2.12. The number of hydrogen-bond donors (Lipinski definition) is 1. The second kappa shape index (κ2) is 9.18. The third kappa shape index (κ3) is 4.71. The van der Waals surface area contributed by atoms with Gasteiger partial charge in [-0.25, -0.2) is 19.9 Å². The molecule has 0 saturated carbocycles. The Kier molecular flexibility index (Phi) is 5.91. The van der Waals surface area contributed by atoms with E-state index < -0.39 is 0 Å². The van der Waals surface area contributed by atoms with Crippen molar-refractivity contribution < 1.29 is 4.42 Å². The predicted octanol–water partition coefficient (Wildman–Crippen LogP) is 6.20. The van der Waals surface area contributed by atoms with Crippen LogP contribution in [0.1, 0.15) is 29.9 Å². The van der Waals surface area contributed by atoms with Crippen molar-refractivity contribution in [3.8, 4) is 22.4 Å². The lowest BCUT2D eigenvalue weighted by Crippen LogP contribution is -2.12. The van der Waals surface area contributed by atoms with Crippen LogP contribution >= 0.6 is 0 Å². The lowest BCUT2D eigenvalue weighted by Gasteiger charge is -2.17. The molecule has 1 atom stereocenters. The molecule has 0 saturated heterocycles. The van der Waals surface area contributed by atoms with Gasteiger partial charge in [-0.05, 0) is 61.7 Å². The van der Waals surface area contributed by atoms with Crippen LogP contribution in [-0.2, 0) is 0 Å². The molecule has 0 bridgehead atoms. The zero-order chi connectivity index (χ0) is 24.5. The lowest BCUT2D eigenvalue weighted by atomic mass is 10.0. The summed E-state index contributed by atoms with van der Waals surface area (Å²) in [6.45, 7) is 6.09. The Labute approximate surface area is 204 Å². The van der Waals surface area contributed by atoms with Crippen molar-refractivity contribution in [2.45, 2.75) is 26.8 Å². The molecule has 5 rings (SSSR count). The third-order valence-electron chi connectivity index (χ3n) is 6.02. The quantitative estimate of drug-likeness (QED) is 0.320. The molecule has 1 N–H and O–H groups in total. The number of fused-ring (bicyclic) bond motifs is 1. The van der Waals surface area contributed by atoms with Crippen molar-refractivity contribution >= 4 is 22.7 Å². The van der Waals surface area contributed by atoms with E-state index in [-0.39, 0.29) is 6.04 Å². The summed E-state index contributed by atoms with van der Waals surface area (Å²) in [6, 6.07) is 16.6. The molecule has 5 aromatic rings. The number of benzene rings is 2. The molecule has 35 heavy (non-hydrogen) atoms. The number of furan rings is 1. The van der Waals surface area contributed by atoms with E-state index in [0.29, 0.717) is 11.8 Å². The maximum atomic E-state index is 5.59. The van der Waals surface area contributed by atoms with E-state index in [1.54, 1.807) is 6.26 Å². The van der Waals surface area contributed by atoms with Crippen LogP contribution in [0.2, 0.25) is 0 Å². The zero-order valence-corrected chi connectivity index (χ0v) is 20.6. The van der Waals surface area contributed by atoms with Gasteiger partial charge >= 0.3 is 0 Å². The first-order valence-electron chi connectivity index (χ1n) is 11.6. The van der Waals surface area contributed by atoms with E-state index >= 15 is 0 Å². The number of nitrogens with zero attached hydrogens (tertiary/aromatic N) is 5. The highest BCUT2D eigenvalue weighted by molar-refractivity contribution is 5.85. The minimum absolute atomic E-state index is 0.0395. The Morgan fingerprint density at radius 3 is 2.46 bits per heavy atom. The van der Waals surface area contributed by atoms with Crippen molar-refractivity contribution in [2.24, 2.45) is 0 Å². The molecule has 176 valence electrons. The molecule has 0 aliphatic rings. The van der Waals surface area contributed by atoms with Gasteiger partial charge in [0.2, 0.25) is 5.95 Å². The molecule has 0 fully saturated rings. The van der Waals surface area contributed by atoms with E-state index in [2.05, 4.69) is 62.5 Å². The summed E-state index contributed by atoms with van der Waals surface area (Å²) in [5.41, 5.74) is 7.10. The number of hydrogen-bond acceptors (Lipinski definition) is 7. The minimum Gasteiger partial charge on any atom is -0.464 e. The van der Waals surface area contributed by atoms with Crippen LogP contribution in [0.5, 0.6) is 0 Å². The molecule has 7 nitrogen and oxygen atoms in total. The van der Waals surface area contributed by atoms with Gasteiger partial charge in [0, 0.05) is 55.1 Å². The Morgan fingerprint density at radius 2 is 1.69 bits per heavy atom. The summed E-state index contributed by atoms with van der Waals surface area (Å²) in [4.78, 5) is 20.1. The Morgan fingerprint density at radius 1 is 0.886 bits per heavy atom. The fourth-order valence-corrected chi connectivity index (χ4v) is 4.10. The number of aryl methyl sites for hydroxylation is 2. The summed E-state index contributed by atoms with van der Waals surface area (Å²) >= 11 is 0. The monoisotopic (exact) mass is 464 g/mol. The van der Waals surface area contributed by atoms with E-state index in [4.69, 9.17) is 4.42 Å². The minimum atomic E-state index is 0.0395. The fourth-order valence-electron chi connectivity index (χ4n) is 4.10. The molecule has 2 aromatic carbocycles. The molecule has 0 amide bonds. The Bertz CT molecular complexity index is 1490. The van der Waals surface area contributed by atoms with Crippen LogP contribution in [0.3, 0.4) is 0 Å². The second-order valence-corrected chi connectivity index (χ2v) is 8.97. The van der Waals surface area contributed by atoms with Crippen LogP contribution in [0.4, 0.5) is 11.8 Å². The van der Waals surface area contributed by atoms with Gasteiger partial charge < -0.3 is 14.6 Å². The van der Waals surface area contributed by atoms with E-state index in [9.17, 15) is 0 Å². The molecule has 3 aromatic heterocycles. The molecular formula is C28H28N6O. The molecule has 7 heteroatoms. The molecule has 1 unspecified atom stereocenters. The molecule has 0 aliphatic heterocycles. The largest absolute Gasteiger partial charge is 0.464 e. The second-order valence-electron chi connectivity index (χ2n) is 8.97. The van der Waals surface area contributed by atoms with Gasteiger partial charge in [-0.1, -0.05) is 18.2 Å². The normalized spacial score (nSPS) is 12.0. The van der Waals surface area contributed by atoms with Gasteiger partial charge in [-0.3, -0.25) is 0 Å². The van der Waals surface area contributed by atoms with E-state index in [0.717, 1.165) is 50.3 Å². The zero-order valence-electron chi connectivity index (χ0n) is 20.6. The highest BCUT2D eigenvalue weighted by atomic mass is 16.3. The Hall–Kier alpha value is -4.26. The van der Waals surface area contributed by atoms with E-state index in [1.807, 2.05) is 63.4 Å². The standard InChI is InChI=1S/C28H28N6O/c1-17-16-35-26-10-9-22(12-24(17)26)25-13-27(33-19(3)32-25)31-18(2)20-7-6-8-21(11-20)23-14-29-28(30-15-23)34(4)5/h6-16,18H,1-5H3,(H,31,32,33). The maximum absolute atomic E-state index is 5.59. The molecule has 0 radical (unpaired) electrons. The van der Waals surface area contributed by atoms with Gasteiger partial charge in [-0.15, -0.1) is 0 Å². The SMILES string of the molecule is Cc1nc(NC(C)c2cccc(-c3cnc(N(C)C)nc3)c2)cc(-c2ccc3occ(C)c3c2)n1. The van der Waals surface area contributed by atoms with Crippen LogP contribution in [-0.4, -0.2) is 34.0 Å². The van der Waals surface area contributed by atoms with Crippen LogP contribution in [0, 0.1) is 13.8 Å². The number of aromatic nitrogens is 4. The summed E-state index contributed by atoms with van der Waals surface area (Å²) < 4.78 is 5.59. The number of rotatable bonds is 6. The van der Waals surface area contributed by atoms with Gasteiger partial charge in [0.25, 0.3) is 0 Å².